The Balaban J connectivity index is 1.50. The number of aromatic nitrogens is 3. The van der Waals surface area contributed by atoms with Crippen LogP contribution in [-0.2, 0) is 0 Å². The van der Waals surface area contributed by atoms with E-state index in [0.717, 1.165) is 5.69 Å². The maximum Gasteiger partial charge on any atom is 0.255 e. The topological polar surface area (TPSA) is 78.3 Å². The molecule has 24 heavy (non-hydrogen) atoms. The molecule has 0 bridgehead atoms. The van der Waals surface area contributed by atoms with Crippen LogP contribution in [0.3, 0.4) is 0 Å². The van der Waals surface area contributed by atoms with E-state index in [4.69, 9.17) is 9.47 Å². The van der Waals surface area contributed by atoms with Crippen LogP contribution in [0.1, 0.15) is 10.4 Å². The van der Waals surface area contributed by atoms with Crippen LogP contribution in [-0.4, -0.2) is 33.9 Å². The van der Waals surface area contributed by atoms with Gasteiger partial charge in [0.2, 0.25) is 0 Å². The molecule has 0 atom stereocenters. The van der Waals surface area contributed by atoms with Crippen LogP contribution in [0.25, 0.3) is 5.69 Å². The minimum absolute atomic E-state index is 0.193. The monoisotopic (exact) mass is 322 g/mol. The smallest absolute Gasteiger partial charge is 0.255 e. The van der Waals surface area contributed by atoms with Crippen LogP contribution in [0, 0.1) is 0 Å². The van der Waals surface area contributed by atoms with E-state index in [-0.39, 0.29) is 5.91 Å². The third kappa shape index (κ3) is 2.79. The van der Waals surface area contributed by atoms with Crippen molar-refractivity contribution in [3.63, 3.8) is 0 Å². The maximum absolute atomic E-state index is 12.4. The highest BCUT2D eigenvalue weighted by molar-refractivity contribution is 6.04. The average molecular weight is 322 g/mol. The van der Waals surface area contributed by atoms with E-state index in [2.05, 4.69) is 15.5 Å². The Morgan fingerprint density at radius 1 is 0.958 bits per heavy atom. The van der Waals surface area contributed by atoms with Crippen molar-refractivity contribution in [2.24, 2.45) is 0 Å². The molecule has 0 unspecified atom stereocenters. The number of amides is 1. The van der Waals surface area contributed by atoms with Crippen molar-refractivity contribution >= 4 is 11.6 Å². The third-order valence-electron chi connectivity index (χ3n) is 3.65. The Labute approximate surface area is 137 Å². The van der Waals surface area contributed by atoms with Gasteiger partial charge in [0.25, 0.3) is 5.91 Å². The molecule has 1 N–H and O–H groups in total. The molecule has 0 fully saturated rings. The molecule has 0 spiro atoms. The summed E-state index contributed by atoms with van der Waals surface area (Å²) in [5.74, 6) is 1.14. The van der Waals surface area contributed by atoms with Crippen molar-refractivity contribution in [1.29, 1.82) is 0 Å². The Morgan fingerprint density at radius 3 is 2.42 bits per heavy atom. The highest BCUT2D eigenvalue weighted by Gasteiger charge is 2.13. The average Bonchev–Trinajstić information content (AvgIpc) is 3.16. The Kier molecular flexibility index (Phi) is 3.59. The third-order valence-corrected chi connectivity index (χ3v) is 3.65. The van der Waals surface area contributed by atoms with Gasteiger partial charge in [0.15, 0.2) is 11.5 Å². The minimum atomic E-state index is -0.193. The van der Waals surface area contributed by atoms with Crippen LogP contribution < -0.4 is 14.8 Å². The number of hydrogen-bond donors (Lipinski definition) is 1. The van der Waals surface area contributed by atoms with Crippen molar-refractivity contribution < 1.29 is 14.3 Å². The van der Waals surface area contributed by atoms with Gasteiger partial charge in [0.1, 0.15) is 25.9 Å². The molecule has 1 amide bonds. The first-order valence-electron chi connectivity index (χ1n) is 7.46. The van der Waals surface area contributed by atoms with Crippen molar-refractivity contribution in [1.82, 2.24) is 14.8 Å². The number of carbonyl (C=O) groups is 1. The predicted octanol–water partition coefficient (Wildman–Crippen LogP) is 2.29. The molecule has 1 aliphatic rings. The second-order valence-corrected chi connectivity index (χ2v) is 5.23. The molecule has 2 aromatic carbocycles. The number of anilines is 1. The molecule has 1 aliphatic heterocycles. The summed E-state index contributed by atoms with van der Waals surface area (Å²) in [6, 6.07) is 12.5. The Morgan fingerprint density at radius 2 is 1.67 bits per heavy atom. The normalized spacial score (nSPS) is 12.7. The van der Waals surface area contributed by atoms with Gasteiger partial charge < -0.3 is 14.8 Å². The van der Waals surface area contributed by atoms with E-state index in [1.165, 1.54) is 0 Å². The zero-order chi connectivity index (χ0) is 16.4. The van der Waals surface area contributed by atoms with Crippen molar-refractivity contribution in [3.8, 4) is 17.2 Å². The summed E-state index contributed by atoms with van der Waals surface area (Å²) in [5, 5.41) is 10.4. The lowest BCUT2D eigenvalue weighted by Crippen LogP contribution is -2.16. The molecule has 3 aromatic rings. The van der Waals surface area contributed by atoms with Crippen molar-refractivity contribution in [3.05, 3.63) is 60.7 Å². The minimum Gasteiger partial charge on any atom is -0.486 e. The molecular formula is C17H14N4O3. The second-order valence-electron chi connectivity index (χ2n) is 5.23. The summed E-state index contributed by atoms with van der Waals surface area (Å²) >= 11 is 0. The molecule has 2 heterocycles. The lowest BCUT2D eigenvalue weighted by Gasteiger charge is -2.19. The molecular weight excluding hydrogens is 308 g/mol. The number of nitrogens with zero attached hydrogens (tertiary/aromatic N) is 3. The van der Waals surface area contributed by atoms with Crippen LogP contribution in [0.5, 0.6) is 11.5 Å². The molecule has 7 nitrogen and oxygen atoms in total. The fourth-order valence-corrected chi connectivity index (χ4v) is 2.44. The van der Waals surface area contributed by atoms with Gasteiger partial charge in [-0.15, -0.1) is 10.2 Å². The highest BCUT2D eigenvalue weighted by Crippen LogP contribution is 2.32. The van der Waals surface area contributed by atoms with Crippen LogP contribution >= 0.6 is 0 Å². The van der Waals surface area contributed by atoms with Gasteiger partial charge in [-0.25, -0.2) is 0 Å². The van der Waals surface area contributed by atoms with E-state index in [1.54, 1.807) is 47.6 Å². The lowest BCUT2D eigenvalue weighted by molar-refractivity contribution is 0.102. The van der Waals surface area contributed by atoms with E-state index in [1.807, 2.05) is 12.1 Å². The fraction of sp³-hybridized carbons (Fsp3) is 0.118. The number of carbonyl (C=O) groups excluding carboxylic acids is 1. The fourth-order valence-electron chi connectivity index (χ4n) is 2.44. The molecule has 1 aromatic heterocycles. The zero-order valence-electron chi connectivity index (χ0n) is 12.7. The standard InChI is InChI=1S/C17H14N4O3/c22-17(12-1-4-14(5-2-12)21-10-18-19-11-21)20-13-3-6-15-16(9-13)24-8-7-23-15/h1-6,9-11H,7-8H2,(H,20,22). The molecule has 0 saturated carbocycles. The van der Waals surface area contributed by atoms with Gasteiger partial charge in [-0.3, -0.25) is 9.36 Å². The number of ether oxygens (including phenoxy) is 2. The number of hydrogen-bond acceptors (Lipinski definition) is 5. The molecule has 0 radical (unpaired) electrons. The largest absolute Gasteiger partial charge is 0.486 e. The number of fused-ring (bicyclic) bond motifs is 1. The van der Waals surface area contributed by atoms with Gasteiger partial charge in [-0.05, 0) is 36.4 Å². The van der Waals surface area contributed by atoms with Crippen LogP contribution in [0.4, 0.5) is 5.69 Å². The lowest BCUT2D eigenvalue weighted by atomic mass is 10.2. The van der Waals surface area contributed by atoms with Crippen LogP contribution in [0.15, 0.2) is 55.1 Å². The van der Waals surface area contributed by atoms with E-state index >= 15 is 0 Å². The van der Waals surface area contributed by atoms with Gasteiger partial charge in [0, 0.05) is 23.0 Å². The molecule has 4 rings (SSSR count). The number of nitrogens with one attached hydrogen (secondary N) is 1. The first-order valence-corrected chi connectivity index (χ1v) is 7.46. The number of benzene rings is 2. The summed E-state index contributed by atoms with van der Waals surface area (Å²) in [6.07, 6.45) is 3.20. The van der Waals surface area contributed by atoms with E-state index in [9.17, 15) is 4.79 Å². The van der Waals surface area contributed by atoms with E-state index < -0.39 is 0 Å². The SMILES string of the molecule is O=C(Nc1ccc2c(c1)OCCO2)c1ccc(-n2cnnc2)cc1. The summed E-state index contributed by atoms with van der Waals surface area (Å²) in [6.45, 7) is 1.05. The zero-order valence-corrected chi connectivity index (χ0v) is 12.7. The maximum atomic E-state index is 12.4. The molecule has 0 aliphatic carbocycles. The Hall–Kier alpha value is -3.35. The van der Waals surface area contributed by atoms with E-state index in [0.29, 0.717) is 36.0 Å². The first-order chi connectivity index (χ1) is 11.8. The Bertz CT molecular complexity index is 860. The quantitative estimate of drug-likeness (QED) is 0.800. The second kappa shape index (κ2) is 6.04. The van der Waals surface area contributed by atoms with Crippen molar-refractivity contribution in [2.45, 2.75) is 0 Å². The van der Waals surface area contributed by atoms with Gasteiger partial charge >= 0.3 is 0 Å². The number of rotatable bonds is 3. The first kappa shape index (κ1) is 14.3. The summed E-state index contributed by atoms with van der Waals surface area (Å²) in [7, 11) is 0. The van der Waals surface area contributed by atoms with Crippen molar-refractivity contribution in [2.75, 3.05) is 18.5 Å². The highest BCUT2D eigenvalue weighted by atomic mass is 16.6. The summed E-state index contributed by atoms with van der Waals surface area (Å²) in [4.78, 5) is 12.4. The van der Waals surface area contributed by atoms with Gasteiger partial charge in [-0.2, -0.15) is 0 Å². The van der Waals surface area contributed by atoms with Gasteiger partial charge in [-0.1, -0.05) is 0 Å². The summed E-state index contributed by atoms with van der Waals surface area (Å²) in [5.41, 5.74) is 2.10. The van der Waals surface area contributed by atoms with Crippen LogP contribution in [0.2, 0.25) is 0 Å². The molecule has 120 valence electrons. The van der Waals surface area contributed by atoms with Gasteiger partial charge in [0.05, 0.1) is 0 Å². The molecule has 0 saturated heterocycles. The predicted molar refractivity (Wildman–Crippen MR) is 86.7 cm³/mol. The molecule has 7 heteroatoms. The summed E-state index contributed by atoms with van der Waals surface area (Å²) < 4.78 is 12.8.